The minimum atomic E-state index is 0. The fraction of sp³-hybridized carbons (Fsp3) is 0.429. The molecule has 0 spiro atoms. The molecule has 0 fully saturated rings. The SMILES string of the molecule is COc1cccc(CCCCc2c(CCN)ccc(OC)c2OC)c1.Cl. The topological polar surface area (TPSA) is 53.7 Å². The maximum atomic E-state index is 5.77. The van der Waals surface area contributed by atoms with Crippen molar-refractivity contribution in [1.29, 1.82) is 0 Å². The van der Waals surface area contributed by atoms with Crippen LogP contribution in [0.2, 0.25) is 0 Å². The molecule has 5 heteroatoms. The fourth-order valence-corrected chi connectivity index (χ4v) is 3.15. The summed E-state index contributed by atoms with van der Waals surface area (Å²) >= 11 is 0. The molecule has 0 amide bonds. The molecule has 0 aliphatic rings. The van der Waals surface area contributed by atoms with E-state index in [1.165, 1.54) is 16.7 Å². The van der Waals surface area contributed by atoms with Crippen LogP contribution in [0.1, 0.15) is 29.5 Å². The summed E-state index contributed by atoms with van der Waals surface area (Å²) in [6, 6.07) is 12.3. The molecule has 0 aliphatic carbocycles. The lowest BCUT2D eigenvalue weighted by Crippen LogP contribution is -2.07. The van der Waals surface area contributed by atoms with E-state index in [1.54, 1.807) is 21.3 Å². The van der Waals surface area contributed by atoms with E-state index in [0.29, 0.717) is 6.54 Å². The molecule has 4 nitrogen and oxygen atoms in total. The van der Waals surface area contributed by atoms with E-state index in [2.05, 4.69) is 18.2 Å². The van der Waals surface area contributed by atoms with Gasteiger partial charge in [0.25, 0.3) is 0 Å². The van der Waals surface area contributed by atoms with Crippen molar-refractivity contribution in [2.45, 2.75) is 32.1 Å². The van der Waals surface area contributed by atoms with Gasteiger partial charge in [0.2, 0.25) is 0 Å². The van der Waals surface area contributed by atoms with Crippen LogP contribution in [0.4, 0.5) is 0 Å². The van der Waals surface area contributed by atoms with Crippen LogP contribution in [-0.4, -0.2) is 27.9 Å². The van der Waals surface area contributed by atoms with Crippen LogP contribution < -0.4 is 19.9 Å². The molecule has 26 heavy (non-hydrogen) atoms. The third-order valence-electron chi connectivity index (χ3n) is 4.44. The number of ether oxygens (including phenoxy) is 3. The lowest BCUT2D eigenvalue weighted by molar-refractivity contribution is 0.350. The number of aryl methyl sites for hydroxylation is 1. The number of hydrogen-bond acceptors (Lipinski definition) is 4. The molecule has 2 aromatic rings. The average Bonchev–Trinajstić information content (AvgIpc) is 2.66. The molecule has 0 aliphatic heterocycles. The summed E-state index contributed by atoms with van der Waals surface area (Å²) in [6.45, 7) is 0.631. The van der Waals surface area contributed by atoms with Crippen molar-refractivity contribution < 1.29 is 14.2 Å². The van der Waals surface area contributed by atoms with E-state index in [4.69, 9.17) is 19.9 Å². The van der Waals surface area contributed by atoms with Gasteiger partial charge in [-0.1, -0.05) is 18.2 Å². The first-order valence-electron chi connectivity index (χ1n) is 8.79. The molecular formula is C21H30ClNO3. The number of methoxy groups -OCH3 is 3. The van der Waals surface area contributed by atoms with Crippen LogP contribution in [0.15, 0.2) is 36.4 Å². The van der Waals surface area contributed by atoms with Gasteiger partial charge in [0, 0.05) is 5.56 Å². The van der Waals surface area contributed by atoms with Crippen molar-refractivity contribution >= 4 is 12.4 Å². The second kappa shape index (κ2) is 11.7. The van der Waals surface area contributed by atoms with E-state index >= 15 is 0 Å². The highest BCUT2D eigenvalue weighted by molar-refractivity contribution is 5.85. The third-order valence-corrected chi connectivity index (χ3v) is 4.44. The summed E-state index contributed by atoms with van der Waals surface area (Å²) in [5.41, 5.74) is 9.54. The van der Waals surface area contributed by atoms with Gasteiger partial charge in [-0.3, -0.25) is 0 Å². The zero-order valence-electron chi connectivity index (χ0n) is 15.9. The van der Waals surface area contributed by atoms with Gasteiger partial charge in [0.15, 0.2) is 11.5 Å². The van der Waals surface area contributed by atoms with Crippen LogP contribution in [0, 0.1) is 0 Å². The Bertz CT molecular complexity index is 676. The van der Waals surface area contributed by atoms with E-state index in [0.717, 1.165) is 49.4 Å². The van der Waals surface area contributed by atoms with Crippen molar-refractivity contribution in [2.75, 3.05) is 27.9 Å². The van der Waals surface area contributed by atoms with Crippen LogP contribution in [0.3, 0.4) is 0 Å². The number of unbranched alkanes of at least 4 members (excludes halogenated alkanes) is 1. The van der Waals surface area contributed by atoms with Crippen molar-refractivity contribution in [3.8, 4) is 17.2 Å². The molecule has 0 bridgehead atoms. The standard InChI is InChI=1S/C21H29NO3.ClH/c1-23-18-9-6-8-16(15-18)7-4-5-10-19-17(13-14-22)11-12-20(24-2)21(19)25-3;/h6,8-9,11-12,15H,4-5,7,10,13-14,22H2,1-3H3;1H. The molecule has 0 saturated heterocycles. The third kappa shape index (κ3) is 5.82. The highest BCUT2D eigenvalue weighted by Crippen LogP contribution is 2.34. The quantitative estimate of drug-likeness (QED) is 0.628. The molecule has 0 aromatic heterocycles. The van der Waals surface area contributed by atoms with Crippen molar-refractivity contribution in [3.63, 3.8) is 0 Å². The van der Waals surface area contributed by atoms with E-state index in [-0.39, 0.29) is 12.4 Å². The number of nitrogens with two attached hydrogens (primary N) is 1. The molecule has 2 aromatic carbocycles. The molecule has 0 atom stereocenters. The van der Waals surface area contributed by atoms with Gasteiger partial charge < -0.3 is 19.9 Å². The predicted molar refractivity (Wildman–Crippen MR) is 109 cm³/mol. The highest BCUT2D eigenvalue weighted by Gasteiger charge is 2.14. The Hall–Kier alpha value is -1.91. The maximum absolute atomic E-state index is 5.77. The number of benzene rings is 2. The van der Waals surface area contributed by atoms with Gasteiger partial charge in [-0.2, -0.15) is 0 Å². The van der Waals surface area contributed by atoms with Crippen LogP contribution in [0.25, 0.3) is 0 Å². The number of halogens is 1. The Morgan fingerprint density at radius 3 is 2.27 bits per heavy atom. The van der Waals surface area contributed by atoms with E-state index < -0.39 is 0 Å². The first-order valence-corrected chi connectivity index (χ1v) is 8.79. The van der Waals surface area contributed by atoms with Crippen molar-refractivity contribution in [2.24, 2.45) is 5.73 Å². The lowest BCUT2D eigenvalue weighted by Gasteiger charge is -2.17. The van der Waals surface area contributed by atoms with Gasteiger partial charge in [0.1, 0.15) is 5.75 Å². The minimum Gasteiger partial charge on any atom is -0.497 e. The zero-order chi connectivity index (χ0) is 18.1. The Morgan fingerprint density at radius 1 is 0.846 bits per heavy atom. The molecule has 2 rings (SSSR count). The van der Waals surface area contributed by atoms with Gasteiger partial charge in [-0.25, -0.2) is 0 Å². The van der Waals surface area contributed by atoms with Gasteiger partial charge in [-0.15, -0.1) is 12.4 Å². The maximum Gasteiger partial charge on any atom is 0.164 e. The van der Waals surface area contributed by atoms with Gasteiger partial charge in [0.05, 0.1) is 21.3 Å². The number of hydrogen-bond donors (Lipinski definition) is 1. The Kier molecular flexibility index (Phi) is 9.92. The smallest absolute Gasteiger partial charge is 0.164 e. The lowest BCUT2D eigenvalue weighted by atomic mass is 9.96. The summed E-state index contributed by atoms with van der Waals surface area (Å²) in [4.78, 5) is 0. The Balaban J connectivity index is 0.00000338. The fourth-order valence-electron chi connectivity index (χ4n) is 3.15. The summed E-state index contributed by atoms with van der Waals surface area (Å²) in [5, 5.41) is 0. The molecule has 0 saturated carbocycles. The Morgan fingerprint density at radius 2 is 1.62 bits per heavy atom. The highest BCUT2D eigenvalue weighted by atomic mass is 35.5. The Labute approximate surface area is 163 Å². The molecule has 2 N–H and O–H groups in total. The van der Waals surface area contributed by atoms with Gasteiger partial charge >= 0.3 is 0 Å². The van der Waals surface area contributed by atoms with Crippen LogP contribution in [-0.2, 0) is 19.3 Å². The summed E-state index contributed by atoms with van der Waals surface area (Å²) in [5.74, 6) is 2.54. The molecule has 0 heterocycles. The summed E-state index contributed by atoms with van der Waals surface area (Å²) in [7, 11) is 5.07. The second-order valence-electron chi connectivity index (χ2n) is 6.04. The van der Waals surface area contributed by atoms with Crippen molar-refractivity contribution in [1.82, 2.24) is 0 Å². The number of rotatable bonds is 10. The van der Waals surface area contributed by atoms with Crippen LogP contribution in [0.5, 0.6) is 17.2 Å². The average molecular weight is 380 g/mol. The molecular weight excluding hydrogens is 350 g/mol. The first-order chi connectivity index (χ1) is 12.2. The van der Waals surface area contributed by atoms with Gasteiger partial charge in [-0.05, 0) is 68.0 Å². The van der Waals surface area contributed by atoms with E-state index in [1.807, 2.05) is 18.2 Å². The van der Waals surface area contributed by atoms with Crippen molar-refractivity contribution in [3.05, 3.63) is 53.1 Å². The summed E-state index contributed by atoms with van der Waals surface area (Å²) in [6.07, 6.45) is 5.04. The minimum absolute atomic E-state index is 0. The predicted octanol–water partition coefficient (Wildman–Crippen LogP) is 4.20. The normalized spacial score (nSPS) is 10.2. The second-order valence-corrected chi connectivity index (χ2v) is 6.04. The summed E-state index contributed by atoms with van der Waals surface area (Å²) < 4.78 is 16.3. The van der Waals surface area contributed by atoms with E-state index in [9.17, 15) is 0 Å². The first kappa shape index (κ1) is 22.1. The molecule has 0 radical (unpaired) electrons. The largest absolute Gasteiger partial charge is 0.497 e. The molecule has 144 valence electrons. The molecule has 0 unspecified atom stereocenters. The monoisotopic (exact) mass is 379 g/mol. The van der Waals surface area contributed by atoms with Crippen LogP contribution >= 0.6 is 12.4 Å². The zero-order valence-corrected chi connectivity index (χ0v) is 16.7.